The lowest BCUT2D eigenvalue weighted by Gasteiger charge is -2.39. The molecule has 2 saturated heterocycles. The van der Waals surface area contributed by atoms with Crippen LogP contribution < -0.4 is 4.90 Å². The molecule has 4 aliphatic rings. The first-order valence-corrected chi connectivity index (χ1v) is 17.1. The second-order valence-corrected chi connectivity index (χ2v) is 14.9. The normalized spacial score (nSPS) is 28.8. The molecule has 5 heterocycles. The van der Waals surface area contributed by atoms with E-state index in [-0.39, 0.29) is 31.0 Å². The first-order valence-electron chi connectivity index (χ1n) is 16.3. The summed E-state index contributed by atoms with van der Waals surface area (Å²) in [5.41, 5.74) is 3.22. The second kappa shape index (κ2) is 11.7. The lowest BCUT2D eigenvalue weighted by molar-refractivity contribution is -0.146. The minimum absolute atomic E-state index is 0.136. The highest BCUT2D eigenvalue weighted by Crippen LogP contribution is 2.66. The monoisotopic (exact) mass is 660 g/mol. The molecule has 3 aromatic carbocycles. The zero-order chi connectivity index (χ0) is 33.0. The maximum absolute atomic E-state index is 15.1. The molecule has 4 aromatic rings. The minimum atomic E-state index is -1.05. The van der Waals surface area contributed by atoms with Gasteiger partial charge in [0.1, 0.15) is 18.2 Å². The molecule has 2 fully saturated rings. The Hall–Kier alpha value is -4.74. The number of carbonyl (C=O) groups is 3. The van der Waals surface area contributed by atoms with Crippen LogP contribution >= 0.6 is 11.8 Å². The quantitative estimate of drug-likeness (QED) is 0.301. The van der Waals surface area contributed by atoms with Crippen LogP contribution in [0.2, 0.25) is 0 Å². The van der Waals surface area contributed by atoms with Gasteiger partial charge in [0.25, 0.3) is 0 Å². The average Bonchev–Trinajstić information content (AvgIpc) is 3.64. The van der Waals surface area contributed by atoms with Gasteiger partial charge < -0.3 is 19.8 Å². The summed E-state index contributed by atoms with van der Waals surface area (Å²) in [5, 5.41) is 19.5. The van der Waals surface area contributed by atoms with Crippen molar-refractivity contribution < 1.29 is 19.5 Å². The highest BCUT2D eigenvalue weighted by molar-refractivity contribution is 8.02. The van der Waals surface area contributed by atoms with Gasteiger partial charge >= 0.3 is 0 Å². The maximum atomic E-state index is 15.1. The van der Waals surface area contributed by atoms with Crippen LogP contribution in [0.25, 0.3) is 11.0 Å². The van der Waals surface area contributed by atoms with Crippen molar-refractivity contribution in [2.75, 3.05) is 24.6 Å². The maximum Gasteiger partial charge on any atom is 0.248 e. The van der Waals surface area contributed by atoms with Crippen LogP contribution in [-0.4, -0.2) is 88.9 Å². The van der Waals surface area contributed by atoms with E-state index in [0.717, 1.165) is 22.3 Å². The van der Waals surface area contributed by atoms with Crippen LogP contribution in [0.15, 0.2) is 109 Å². The molecule has 1 spiro atoms. The number of anilines is 1. The first kappa shape index (κ1) is 30.6. The molecular formula is C37H36N6O4S. The third-order valence-electron chi connectivity index (χ3n) is 10.3. The van der Waals surface area contributed by atoms with Crippen LogP contribution in [0.4, 0.5) is 5.69 Å². The molecule has 0 bridgehead atoms. The molecule has 3 amide bonds. The topological polar surface area (TPSA) is 112 Å². The number of aliphatic hydroxyl groups is 1. The first-order chi connectivity index (χ1) is 23.3. The Kier molecular flexibility index (Phi) is 7.48. The Balaban J connectivity index is 1.24. The molecule has 4 aliphatic heterocycles. The Labute approximate surface area is 282 Å². The zero-order valence-corrected chi connectivity index (χ0v) is 27.3. The summed E-state index contributed by atoms with van der Waals surface area (Å²) in [6.07, 6.45) is 8.39. The number of rotatable bonds is 7. The lowest BCUT2D eigenvalue weighted by atomic mass is 9.74. The summed E-state index contributed by atoms with van der Waals surface area (Å²) in [7, 11) is 0. The standard InChI is InChI=1S/C37H36N6O4S/c1-36-18-10-21-41(26-14-6-3-7-15-26)33(45)30(36)31-34(46)43(27(23-44)22-25-12-4-2-5-13-25)32-35(47)40(20-11-19-37(31,32)48-36)24-42-29-17-9-8-16-28(29)38-39-42/h2-19,27,30-32,44H,20-24H2,1H3/t27-,30+,31+,32?,36-,37+/m1/s1. The van der Waals surface area contributed by atoms with Crippen molar-refractivity contribution in [2.24, 2.45) is 11.8 Å². The predicted molar refractivity (Wildman–Crippen MR) is 184 cm³/mol. The van der Waals surface area contributed by atoms with E-state index in [9.17, 15) is 9.90 Å². The molecule has 0 radical (unpaired) electrons. The van der Waals surface area contributed by atoms with E-state index >= 15 is 9.59 Å². The van der Waals surface area contributed by atoms with Gasteiger partial charge in [-0.2, -0.15) is 0 Å². The number of fused-ring (bicyclic) bond motifs is 3. The highest BCUT2D eigenvalue weighted by atomic mass is 32.2. The molecule has 0 saturated carbocycles. The van der Waals surface area contributed by atoms with Gasteiger partial charge in [-0.1, -0.05) is 90.2 Å². The molecule has 244 valence electrons. The summed E-state index contributed by atoms with van der Waals surface area (Å²) >= 11 is 1.54. The van der Waals surface area contributed by atoms with Crippen LogP contribution in [0, 0.1) is 11.8 Å². The van der Waals surface area contributed by atoms with Crippen molar-refractivity contribution in [2.45, 2.75) is 41.6 Å². The molecule has 1 aromatic heterocycles. The number of nitrogens with zero attached hydrogens (tertiary/aromatic N) is 6. The Morgan fingerprint density at radius 1 is 0.854 bits per heavy atom. The Morgan fingerprint density at radius 3 is 2.33 bits per heavy atom. The van der Waals surface area contributed by atoms with Crippen LogP contribution in [0.5, 0.6) is 0 Å². The van der Waals surface area contributed by atoms with Gasteiger partial charge in [-0.15, -0.1) is 16.9 Å². The summed E-state index contributed by atoms with van der Waals surface area (Å²) < 4.78 is -0.0971. The predicted octanol–water partition coefficient (Wildman–Crippen LogP) is 3.68. The fourth-order valence-corrected chi connectivity index (χ4v) is 10.3. The van der Waals surface area contributed by atoms with Crippen molar-refractivity contribution in [3.8, 4) is 0 Å². The van der Waals surface area contributed by atoms with E-state index in [1.54, 1.807) is 19.4 Å². The number of aromatic nitrogens is 3. The molecular weight excluding hydrogens is 625 g/mol. The number of thioether (sulfide) groups is 1. The van der Waals surface area contributed by atoms with E-state index in [0.29, 0.717) is 19.5 Å². The number of hydrogen-bond donors (Lipinski definition) is 1. The number of hydrogen-bond acceptors (Lipinski definition) is 7. The molecule has 10 nitrogen and oxygen atoms in total. The lowest BCUT2D eigenvalue weighted by Crippen LogP contribution is -2.57. The minimum Gasteiger partial charge on any atom is -0.394 e. The zero-order valence-electron chi connectivity index (χ0n) is 26.5. The van der Waals surface area contributed by atoms with Crippen molar-refractivity contribution in [3.63, 3.8) is 0 Å². The van der Waals surface area contributed by atoms with Gasteiger partial charge in [0, 0.05) is 23.5 Å². The second-order valence-electron chi connectivity index (χ2n) is 13.1. The van der Waals surface area contributed by atoms with Crippen molar-refractivity contribution >= 4 is 46.2 Å². The SMILES string of the molecule is C[C@@]12C=CCN(c3ccccc3)C(=O)[C@@H]1[C@H]1C(=O)N([C@@H](CO)Cc3ccccc3)C3C(=O)N(Cn4nnc5ccccc54)CC=C[C@@]31S2. The van der Waals surface area contributed by atoms with Crippen LogP contribution in [0.3, 0.4) is 0 Å². The Bertz CT molecular complexity index is 1950. The van der Waals surface area contributed by atoms with Crippen molar-refractivity contribution in [1.82, 2.24) is 24.8 Å². The van der Waals surface area contributed by atoms with Crippen LogP contribution in [0.1, 0.15) is 12.5 Å². The smallest absolute Gasteiger partial charge is 0.248 e. The summed E-state index contributed by atoms with van der Waals surface area (Å²) in [6, 6.07) is 25.1. The van der Waals surface area contributed by atoms with E-state index in [2.05, 4.69) is 16.4 Å². The number of aliphatic hydroxyl groups excluding tert-OH is 1. The van der Waals surface area contributed by atoms with E-state index in [1.807, 2.05) is 110 Å². The number of carbonyl (C=O) groups excluding carboxylic acids is 3. The molecule has 6 atom stereocenters. The summed E-state index contributed by atoms with van der Waals surface area (Å²) in [4.78, 5) is 49.9. The summed E-state index contributed by atoms with van der Waals surface area (Å²) in [6.45, 7) is 2.50. The third kappa shape index (κ3) is 4.70. The van der Waals surface area contributed by atoms with E-state index in [4.69, 9.17) is 0 Å². The van der Waals surface area contributed by atoms with Crippen LogP contribution in [-0.2, 0) is 27.5 Å². The van der Waals surface area contributed by atoms with Gasteiger partial charge in [0.15, 0.2) is 0 Å². The fourth-order valence-electron chi connectivity index (χ4n) is 8.19. The van der Waals surface area contributed by atoms with Gasteiger partial charge in [0.05, 0.1) is 34.7 Å². The third-order valence-corrected chi connectivity index (χ3v) is 12.1. The highest BCUT2D eigenvalue weighted by Gasteiger charge is 2.74. The van der Waals surface area contributed by atoms with Gasteiger partial charge in [-0.05, 0) is 43.2 Å². The van der Waals surface area contributed by atoms with Gasteiger partial charge in [0.2, 0.25) is 17.7 Å². The van der Waals surface area contributed by atoms with Gasteiger partial charge in [-0.25, -0.2) is 4.68 Å². The molecule has 48 heavy (non-hydrogen) atoms. The Morgan fingerprint density at radius 2 is 1.56 bits per heavy atom. The number of para-hydroxylation sites is 2. The van der Waals surface area contributed by atoms with E-state index < -0.39 is 33.4 Å². The largest absolute Gasteiger partial charge is 0.394 e. The molecule has 0 aliphatic carbocycles. The summed E-state index contributed by atoms with van der Waals surface area (Å²) in [5.74, 6) is -2.22. The molecule has 1 N–H and O–H groups in total. The number of benzene rings is 3. The molecule has 1 unspecified atom stereocenters. The molecule has 8 rings (SSSR count). The van der Waals surface area contributed by atoms with Gasteiger partial charge in [-0.3, -0.25) is 14.4 Å². The average molecular weight is 661 g/mol. The van der Waals surface area contributed by atoms with E-state index in [1.165, 1.54) is 11.8 Å². The number of amides is 3. The van der Waals surface area contributed by atoms with Crippen molar-refractivity contribution in [3.05, 3.63) is 115 Å². The van der Waals surface area contributed by atoms with Crippen molar-refractivity contribution in [1.29, 1.82) is 0 Å². The fraction of sp³-hybridized carbons (Fsp3) is 0.324. The molecule has 11 heteroatoms. The number of likely N-dealkylation sites (tertiary alicyclic amines) is 1.